The molecule has 142 valence electrons. The number of hydrogen-bond acceptors (Lipinski definition) is 4. The molecule has 5 heteroatoms. The first-order valence-electron chi connectivity index (χ1n) is 8.98. The molecule has 0 aliphatic rings. The Morgan fingerprint density at radius 1 is 0.519 bits per heavy atom. The standard InChI is InChI=1S/3C6H5.2C2H5O2.Sb/c3*1-2-4-6-5-3-1;2*3-1-2-4;/h3*1-5H;2*3H,1-2H2;/q;;;2*-1;+2. The van der Waals surface area contributed by atoms with Gasteiger partial charge in [0.1, 0.15) is 0 Å². The van der Waals surface area contributed by atoms with Crippen LogP contribution in [0.1, 0.15) is 0 Å². The fourth-order valence-electron chi connectivity index (χ4n) is 3.46. The SMILES string of the molecule is OCC[O][Sb]([O]CCO)([c]1ccccc1)([c]1ccccc1)[c]1ccccc1. The second-order valence-corrected chi connectivity index (χ2v) is 17.4. The zero-order chi connectivity index (χ0) is 19.0. The maximum atomic E-state index is 9.61. The van der Waals surface area contributed by atoms with Crippen LogP contribution in [-0.4, -0.2) is 54.9 Å². The molecular weight excluding hydrogens is 450 g/mol. The van der Waals surface area contributed by atoms with Gasteiger partial charge >= 0.3 is 162 Å². The molecule has 0 radical (unpaired) electrons. The molecule has 2 N–H and O–H groups in total. The van der Waals surface area contributed by atoms with Gasteiger partial charge in [0.15, 0.2) is 0 Å². The van der Waals surface area contributed by atoms with E-state index < -0.39 is 18.2 Å². The van der Waals surface area contributed by atoms with Crippen molar-refractivity contribution in [2.45, 2.75) is 0 Å². The van der Waals surface area contributed by atoms with Crippen LogP contribution in [-0.2, 0) is 6.03 Å². The molecule has 0 atom stereocenters. The van der Waals surface area contributed by atoms with E-state index in [0.717, 1.165) is 10.5 Å². The molecule has 0 saturated heterocycles. The van der Waals surface area contributed by atoms with Gasteiger partial charge in [-0.05, 0) is 0 Å². The van der Waals surface area contributed by atoms with Gasteiger partial charge < -0.3 is 0 Å². The molecule has 3 aromatic carbocycles. The van der Waals surface area contributed by atoms with Crippen LogP contribution >= 0.6 is 0 Å². The van der Waals surface area contributed by atoms with Crippen molar-refractivity contribution < 1.29 is 16.2 Å². The van der Waals surface area contributed by atoms with E-state index in [0.29, 0.717) is 0 Å². The predicted molar refractivity (Wildman–Crippen MR) is 110 cm³/mol. The van der Waals surface area contributed by atoms with Gasteiger partial charge in [-0.2, -0.15) is 0 Å². The van der Waals surface area contributed by atoms with Crippen LogP contribution in [0.3, 0.4) is 0 Å². The summed E-state index contributed by atoms with van der Waals surface area (Å²) in [5.41, 5.74) is 0. The minimum absolute atomic E-state index is 0.114. The molecule has 27 heavy (non-hydrogen) atoms. The van der Waals surface area contributed by atoms with E-state index in [9.17, 15) is 10.2 Å². The number of aliphatic hydroxyl groups excluding tert-OH is 2. The number of aliphatic hydroxyl groups is 2. The Morgan fingerprint density at radius 3 is 1.07 bits per heavy atom. The first-order chi connectivity index (χ1) is 13.3. The Morgan fingerprint density at radius 2 is 0.815 bits per heavy atom. The fourth-order valence-corrected chi connectivity index (χ4v) is 17.3. The van der Waals surface area contributed by atoms with E-state index in [1.807, 2.05) is 91.0 Å². The Hall–Kier alpha value is -1.68. The van der Waals surface area contributed by atoms with Gasteiger partial charge in [-0.1, -0.05) is 0 Å². The van der Waals surface area contributed by atoms with E-state index >= 15 is 0 Å². The topological polar surface area (TPSA) is 58.9 Å². The molecule has 0 bridgehead atoms. The van der Waals surface area contributed by atoms with Crippen LogP contribution in [0, 0.1) is 0 Å². The van der Waals surface area contributed by atoms with Crippen LogP contribution in [0.4, 0.5) is 0 Å². The average Bonchev–Trinajstić information content (AvgIpc) is 2.77. The van der Waals surface area contributed by atoms with Crippen molar-refractivity contribution in [2.24, 2.45) is 0 Å². The zero-order valence-electron chi connectivity index (χ0n) is 15.1. The van der Waals surface area contributed by atoms with E-state index in [1.165, 1.54) is 0 Å². The molecule has 3 rings (SSSR count). The molecule has 0 saturated carbocycles. The maximum absolute atomic E-state index is 9.61. The van der Waals surface area contributed by atoms with E-state index in [-0.39, 0.29) is 26.4 Å². The zero-order valence-corrected chi connectivity index (χ0v) is 17.7. The third-order valence-electron chi connectivity index (χ3n) is 4.53. The normalized spacial score (nSPS) is 13.0. The molecule has 4 nitrogen and oxygen atoms in total. The summed E-state index contributed by atoms with van der Waals surface area (Å²) in [6, 6.07) is 29.8. The molecule has 0 amide bonds. The third-order valence-corrected chi connectivity index (χ3v) is 19.0. The Kier molecular flexibility index (Phi) is 6.69. The van der Waals surface area contributed by atoms with Crippen LogP contribution < -0.4 is 10.5 Å². The second kappa shape index (κ2) is 9.01. The molecule has 3 aromatic rings. The van der Waals surface area contributed by atoms with Crippen molar-refractivity contribution >= 4 is 28.8 Å². The molecule has 0 heterocycles. The number of benzene rings is 3. The van der Waals surface area contributed by atoms with E-state index in [2.05, 4.69) is 0 Å². The van der Waals surface area contributed by atoms with Gasteiger partial charge in [0.2, 0.25) is 0 Å². The molecule has 0 spiro atoms. The molecule has 0 aliphatic carbocycles. The second-order valence-electron chi connectivity index (χ2n) is 6.08. The Balaban J connectivity index is 2.43. The van der Waals surface area contributed by atoms with E-state index in [4.69, 9.17) is 6.03 Å². The predicted octanol–water partition coefficient (Wildman–Crippen LogP) is 1.12. The summed E-state index contributed by atoms with van der Waals surface area (Å²) >= 11 is -4.94. The average molecular weight is 475 g/mol. The Bertz CT molecular complexity index is 713. The summed E-state index contributed by atoms with van der Waals surface area (Å²) < 4.78 is 16.2. The summed E-state index contributed by atoms with van der Waals surface area (Å²) in [7, 11) is 0. The summed E-state index contributed by atoms with van der Waals surface area (Å²) in [6.07, 6.45) is 0. The van der Waals surface area contributed by atoms with Crippen molar-refractivity contribution in [1.82, 2.24) is 0 Å². The monoisotopic (exact) mass is 474 g/mol. The molecule has 0 aromatic heterocycles. The third kappa shape index (κ3) is 3.56. The van der Waals surface area contributed by atoms with Crippen molar-refractivity contribution in [3.05, 3.63) is 91.0 Å². The summed E-state index contributed by atoms with van der Waals surface area (Å²) in [4.78, 5) is 0. The molecule has 0 unspecified atom stereocenters. The summed E-state index contributed by atoms with van der Waals surface area (Å²) in [5, 5.41) is 19.2. The summed E-state index contributed by atoms with van der Waals surface area (Å²) in [5.74, 6) is 0. The first-order valence-corrected chi connectivity index (χ1v) is 14.9. The van der Waals surface area contributed by atoms with Gasteiger partial charge in [0.05, 0.1) is 0 Å². The molecule has 0 aliphatic heterocycles. The molecular formula is C22H25O4Sb. The van der Waals surface area contributed by atoms with Crippen LogP contribution in [0.5, 0.6) is 0 Å². The number of rotatable bonds is 9. The van der Waals surface area contributed by atoms with Gasteiger partial charge in [-0.25, -0.2) is 0 Å². The van der Waals surface area contributed by atoms with Crippen molar-refractivity contribution in [1.29, 1.82) is 0 Å². The van der Waals surface area contributed by atoms with Crippen LogP contribution in [0.15, 0.2) is 91.0 Å². The van der Waals surface area contributed by atoms with Gasteiger partial charge in [-0.3, -0.25) is 0 Å². The van der Waals surface area contributed by atoms with Crippen LogP contribution in [0.2, 0.25) is 0 Å². The van der Waals surface area contributed by atoms with Gasteiger partial charge in [0, 0.05) is 0 Å². The first kappa shape index (κ1) is 20.1. The minimum atomic E-state index is -4.94. The van der Waals surface area contributed by atoms with Gasteiger partial charge in [0.25, 0.3) is 0 Å². The quantitative estimate of drug-likeness (QED) is 0.456. The van der Waals surface area contributed by atoms with Gasteiger partial charge in [-0.15, -0.1) is 0 Å². The molecule has 0 fully saturated rings. The van der Waals surface area contributed by atoms with E-state index in [1.54, 1.807) is 0 Å². The van der Waals surface area contributed by atoms with Crippen molar-refractivity contribution in [3.63, 3.8) is 0 Å². The number of hydrogen-bond donors (Lipinski definition) is 2. The van der Waals surface area contributed by atoms with Crippen molar-refractivity contribution in [3.8, 4) is 0 Å². The summed E-state index contributed by atoms with van der Waals surface area (Å²) in [6.45, 7) is 0.0607. The fraction of sp³-hybridized carbons (Fsp3) is 0.182. The van der Waals surface area contributed by atoms with Crippen LogP contribution in [0.25, 0.3) is 0 Å². The Labute approximate surface area is 162 Å². The van der Waals surface area contributed by atoms with Crippen molar-refractivity contribution in [2.75, 3.05) is 26.4 Å².